The number of carbonyl (C=O) groups excluding carboxylic acids is 1. The highest BCUT2D eigenvalue weighted by molar-refractivity contribution is 14.1. The Hall–Kier alpha value is 0.1000. The quantitative estimate of drug-likeness (QED) is 0.464. The van der Waals surface area contributed by atoms with Crippen LogP contribution in [0.5, 0.6) is 0 Å². The molecule has 11 heavy (non-hydrogen) atoms. The average molecular weight is 325 g/mol. The number of hydrogen-bond acceptors (Lipinski definition) is 1. The van der Waals surface area contributed by atoms with Crippen molar-refractivity contribution in [2.24, 2.45) is 0 Å². The highest BCUT2D eigenvalue weighted by Crippen LogP contribution is 2.20. The zero-order valence-corrected chi connectivity index (χ0v) is 9.37. The van der Waals surface area contributed by atoms with Gasteiger partial charge in [0.15, 0.2) is 0 Å². The lowest BCUT2D eigenvalue weighted by atomic mass is 10.2. The van der Waals surface area contributed by atoms with Gasteiger partial charge in [-0.3, -0.25) is 0 Å². The van der Waals surface area contributed by atoms with E-state index in [4.69, 9.17) is 0 Å². The van der Waals surface area contributed by atoms with Crippen LogP contribution in [-0.4, -0.2) is 6.29 Å². The Morgan fingerprint density at radius 3 is 2.36 bits per heavy atom. The van der Waals surface area contributed by atoms with Crippen molar-refractivity contribution in [1.29, 1.82) is 0 Å². The van der Waals surface area contributed by atoms with Crippen LogP contribution in [0.25, 0.3) is 0 Å². The molecule has 1 atom stereocenters. The summed E-state index contributed by atoms with van der Waals surface area (Å²) in [5.41, 5.74) is 1.00. The van der Waals surface area contributed by atoms with Crippen LogP contribution in [0.2, 0.25) is 0 Å². The van der Waals surface area contributed by atoms with Gasteiger partial charge in [-0.05, 0) is 40.3 Å². The first-order chi connectivity index (χ1) is 5.24. The van der Waals surface area contributed by atoms with Crippen molar-refractivity contribution < 1.29 is 4.79 Å². The van der Waals surface area contributed by atoms with E-state index in [0.717, 1.165) is 11.8 Å². The van der Waals surface area contributed by atoms with Crippen molar-refractivity contribution in [3.63, 3.8) is 0 Å². The van der Waals surface area contributed by atoms with Crippen molar-refractivity contribution in [3.05, 3.63) is 33.4 Å². The molecule has 1 aromatic rings. The van der Waals surface area contributed by atoms with Gasteiger partial charge in [0, 0.05) is 3.57 Å². The van der Waals surface area contributed by atoms with Crippen LogP contribution in [0.1, 0.15) is 10.4 Å². The van der Waals surface area contributed by atoms with E-state index >= 15 is 0 Å². The topological polar surface area (TPSA) is 17.1 Å². The number of carbonyl (C=O) groups is 1. The first kappa shape index (κ1) is 9.19. The summed E-state index contributed by atoms with van der Waals surface area (Å²) in [5, 5.41) is 0. The smallest absolute Gasteiger partial charge is 0.138 e. The fourth-order valence-electron chi connectivity index (χ4n) is 0.725. The van der Waals surface area contributed by atoms with Gasteiger partial charge in [0.1, 0.15) is 6.29 Å². The molecule has 0 radical (unpaired) electrons. The van der Waals surface area contributed by atoms with Gasteiger partial charge in [-0.25, -0.2) is 0 Å². The Bertz CT molecular complexity index is 245. The molecular formula is C8H6BrIO. The SMILES string of the molecule is O=CC(Br)c1ccc(I)cc1. The largest absolute Gasteiger partial charge is 0.302 e. The van der Waals surface area contributed by atoms with Gasteiger partial charge in [0.2, 0.25) is 0 Å². The zero-order chi connectivity index (χ0) is 8.27. The monoisotopic (exact) mass is 324 g/mol. The number of hydrogen-bond donors (Lipinski definition) is 0. The molecule has 0 spiro atoms. The highest BCUT2D eigenvalue weighted by atomic mass is 127. The van der Waals surface area contributed by atoms with Crippen molar-refractivity contribution in [3.8, 4) is 0 Å². The van der Waals surface area contributed by atoms with Crippen LogP contribution in [0.3, 0.4) is 0 Å². The van der Waals surface area contributed by atoms with E-state index in [0.29, 0.717) is 0 Å². The third-order valence-corrected chi connectivity index (χ3v) is 2.77. The molecule has 0 N–H and O–H groups in total. The summed E-state index contributed by atoms with van der Waals surface area (Å²) in [6, 6.07) is 7.84. The van der Waals surface area contributed by atoms with E-state index in [9.17, 15) is 4.79 Å². The van der Waals surface area contributed by atoms with Crippen molar-refractivity contribution in [2.45, 2.75) is 4.83 Å². The number of aldehydes is 1. The molecule has 0 amide bonds. The summed E-state index contributed by atoms with van der Waals surface area (Å²) in [6.07, 6.45) is 0.877. The van der Waals surface area contributed by atoms with Crippen LogP contribution in [0.15, 0.2) is 24.3 Å². The molecule has 0 aliphatic carbocycles. The molecule has 0 aliphatic rings. The Morgan fingerprint density at radius 2 is 1.91 bits per heavy atom. The first-order valence-electron chi connectivity index (χ1n) is 3.09. The van der Waals surface area contributed by atoms with Gasteiger partial charge in [0.05, 0.1) is 4.83 Å². The van der Waals surface area contributed by atoms with E-state index in [2.05, 4.69) is 38.5 Å². The van der Waals surface area contributed by atoms with Crippen molar-refractivity contribution in [1.82, 2.24) is 0 Å². The summed E-state index contributed by atoms with van der Waals surface area (Å²) < 4.78 is 1.18. The van der Waals surface area contributed by atoms with Crippen molar-refractivity contribution in [2.75, 3.05) is 0 Å². The minimum atomic E-state index is -0.167. The maximum atomic E-state index is 10.3. The fraction of sp³-hybridized carbons (Fsp3) is 0.125. The Morgan fingerprint density at radius 1 is 1.36 bits per heavy atom. The molecule has 0 fully saturated rings. The third-order valence-electron chi connectivity index (χ3n) is 1.31. The molecule has 58 valence electrons. The number of benzene rings is 1. The summed E-state index contributed by atoms with van der Waals surface area (Å²) >= 11 is 5.47. The third kappa shape index (κ3) is 2.56. The van der Waals surface area contributed by atoms with Gasteiger partial charge in [0.25, 0.3) is 0 Å². The maximum absolute atomic E-state index is 10.3. The predicted molar refractivity (Wildman–Crippen MR) is 56.9 cm³/mol. The van der Waals surface area contributed by atoms with E-state index in [-0.39, 0.29) is 4.83 Å². The second kappa shape index (κ2) is 4.21. The lowest BCUT2D eigenvalue weighted by Gasteiger charge is -2.00. The van der Waals surface area contributed by atoms with E-state index in [1.807, 2.05) is 24.3 Å². The molecule has 0 saturated heterocycles. The van der Waals surface area contributed by atoms with Crippen LogP contribution in [-0.2, 0) is 4.79 Å². The summed E-state index contributed by atoms with van der Waals surface area (Å²) in [6.45, 7) is 0. The summed E-state index contributed by atoms with van der Waals surface area (Å²) in [7, 11) is 0. The molecular weight excluding hydrogens is 319 g/mol. The standard InChI is InChI=1S/C8H6BrIO/c9-8(5-11)6-1-3-7(10)4-2-6/h1-5,8H. The van der Waals surface area contributed by atoms with E-state index in [1.54, 1.807) is 0 Å². The fourth-order valence-corrected chi connectivity index (χ4v) is 1.39. The molecule has 1 aromatic carbocycles. The Labute approximate surface area is 87.5 Å². The lowest BCUT2D eigenvalue weighted by molar-refractivity contribution is -0.107. The average Bonchev–Trinajstić information content (AvgIpc) is 2.05. The second-order valence-corrected chi connectivity index (χ2v) is 4.32. The second-order valence-electron chi connectivity index (χ2n) is 2.09. The van der Waals surface area contributed by atoms with Gasteiger partial charge in [-0.1, -0.05) is 28.1 Å². The van der Waals surface area contributed by atoms with E-state index < -0.39 is 0 Å². The molecule has 0 bridgehead atoms. The summed E-state index contributed by atoms with van der Waals surface area (Å²) in [5.74, 6) is 0. The van der Waals surface area contributed by atoms with E-state index in [1.165, 1.54) is 3.57 Å². The first-order valence-corrected chi connectivity index (χ1v) is 5.08. The highest BCUT2D eigenvalue weighted by Gasteiger charge is 2.03. The Balaban J connectivity index is 2.89. The molecule has 1 unspecified atom stereocenters. The van der Waals surface area contributed by atoms with Crippen LogP contribution in [0, 0.1) is 3.57 Å². The molecule has 3 heteroatoms. The molecule has 0 heterocycles. The van der Waals surface area contributed by atoms with Crippen LogP contribution in [0.4, 0.5) is 0 Å². The minimum absolute atomic E-state index is 0.167. The molecule has 0 aromatic heterocycles. The van der Waals surface area contributed by atoms with Crippen molar-refractivity contribution >= 4 is 44.8 Å². The maximum Gasteiger partial charge on any atom is 0.138 e. The minimum Gasteiger partial charge on any atom is -0.302 e. The lowest BCUT2D eigenvalue weighted by Crippen LogP contribution is -1.89. The van der Waals surface area contributed by atoms with Crippen LogP contribution < -0.4 is 0 Å². The van der Waals surface area contributed by atoms with Gasteiger partial charge in [-0.15, -0.1) is 0 Å². The Kier molecular flexibility index (Phi) is 3.51. The number of halogens is 2. The zero-order valence-electron chi connectivity index (χ0n) is 5.63. The van der Waals surface area contributed by atoms with Gasteiger partial charge in [-0.2, -0.15) is 0 Å². The molecule has 1 rings (SSSR count). The molecule has 0 saturated carbocycles. The molecule has 1 nitrogen and oxygen atoms in total. The van der Waals surface area contributed by atoms with Crippen LogP contribution >= 0.6 is 38.5 Å². The number of rotatable bonds is 2. The normalized spacial score (nSPS) is 12.5. The predicted octanol–water partition coefficient (Wildman–Crippen LogP) is 2.93. The molecule has 0 aliphatic heterocycles. The number of alkyl halides is 1. The van der Waals surface area contributed by atoms with Gasteiger partial charge >= 0.3 is 0 Å². The summed E-state index contributed by atoms with van der Waals surface area (Å²) in [4.78, 5) is 10.2. The van der Waals surface area contributed by atoms with Gasteiger partial charge < -0.3 is 4.79 Å².